The fraction of sp³-hybridized carbons (Fsp3) is 0.333. The summed E-state index contributed by atoms with van der Waals surface area (Å²) in [5.41, 5.74) is 2.14. The van der Waals surface area contributed by atoms with E-state index in [4.69, 9.17) is 11.2 Å². The quantitative estimate of drug-likeness (QED) is 0.688. The van der Waals surface area contributed by atoms with Gasteiger partial charge in [0.2, 0.25) is 0 Å². The van der Waals surface area contributed by atoms with Gasteiger partial charge in [-0.25, -0.2) is 4.79 Å². The van der Waals surface area contributed by atoms with Gasteiger partial charge in [0, 0.05) is 24.4 Å². The first-order chi connectivity index (χ1) is 14.6. The molecule has 3 rings (SSSR count). The lowest BCUT2D eigenvalue weighted by molar-refractivity contribution is 0.0842. The van der Waals surface area contributed by atoms with E-state index in [1.165, 1.54) is 0 Å². The number of nitrogens with zero attached hydrogens (tertiary/aromatic N) is 1. The van der Waals surface area contributed by atoms with E-state index in [9.17, 15) is 9.59 Å². The first kappa shape index (κ1) is 21.4. The Kier molecular flexibility index (Phi) is 7.47. The smallest absolute Gasteiger partial charge is 0.318 e. The van der Waals surface area contributed by atoms with Gasteiger partial charge in [-0.1, -0.05) is 36.3 Å². The summed E-state index contributed by atoms with van der Waals surface area (Å²) in [6.45, 7) is 3.34. The Morgan fingerprint density at radius 2 is 2.03 bits per heavy atom. The normalized spacial score (nSPS) is 16.3. The zero-order valence-corrected chi connectivity index (χ0v) is 17.1. The molecule has 30 heavy (non-hydrogen) atoms. The van der Waals surface area contributed by atoms with E-state index in [2.05, 4.69) is 16.6 Å². The van der Waals surface area contributed by atoms with Crippen LogP contribution in [0.1, 0.15) is 41.7 Å². The highest BCUT2D eigenvalue weighted by molar-refractivity contribution is 6.04. The number of amides is 3. The number of benzene rings is 2. The monoisotopic (exact) mass is 405 g/mol. The lowest BCUT2D eigenvalue weighted by Gasteiger charge is -2.26. The Balaban J connectivity index is 1.62. The van der Waals surface area contributed by atoms with Crippen molar-refractivity contribution in [1.82, 2.24) is 10.2 Å². The number of rotatable bonds is 7. The first-order valence-corrected chi connectivity index (χ1v) is 10.1. The fourth-order valence-electron chi connectivity index (χ4n) is 3.40. The van der Waals surface area contributed by atoms with Crippen molar-refractivity contribution in [2.75, 3.05) is 25.0 Å². The third kappa shape index (κ3) is 5.85. The molecule has 1 saturated heterocycles. The number of hydrogen-bond acceptors (Lipinski definition) is 3. The highest BCUT2D eigenvalue weighted by atomic mass is 16.5. The molecule has 3 amide bonds. The van der Waals surface area contributed by atoms with Crippen molar-refractivity contribution < 1.29 is 14.3 Å². The van der Waals surface area contributed by atoms with Crippen molar-refractivity contribution in [3.8, 4) is 12.3 Å². The van der Waals surface area contributed by atoms with Crippen LogP contribution in [-0.4, -0.2) is 42.6 Å². The van der Waals surface area contributed by atoms with Crippen LogP contribution in [0.3, 0.4) is 0 Å². The molecule has 0 aromatic heterocycles. The number of carbonyl (C=O) groups excluding carboxylic acids is 2. The second-order valence-corrected chi connectivity index (χ2v) is 7.34. The summed E-state index contributed by atoms with van der Waals surface area (Å²) in [5.74, 6) is 2.36. The molecule has 0 spiro atoms. The van der Waals surface area contributed by atoms with Gasteiger partial charge in [-0.3, -0.25) is 4.79 Å². The summed E-state index contributed by atoms with van der Waals surface area (Å²) in [6, 6.07) is 16.0. The molecular formula is C24H27N3O3. The van der Waals surface area contributed by atoms with Crippen LogP contribution >= 0.6 is 0 Å². The van der Waals surface area contributed by atoms with E-state index >= 15 is 0 Å². The Morgan fingerprint density at radius 3 is 2.73 bits per heavy atom. The predicted octanol–water partition coefficient (Wildman–Crippen LogP) is 3.82. The summed E-state index contributed by atoms with van der Waals surface area (Å²) in [5, 5.41) is 5.88. The Bertz CT molecular complexity index is 901. The van der Waals surface area contributed by atoms with Crippen LogP contribution in [0.2, 0.25) is 0 Å². The average Bonchev–Trinajstić information content (AvgIpc) is 3.27. The molecule has 0 radical (unpaired) electrons. The molecule has 2 atom stereocenters. The number of hydrogen-bond donors (Lipinski definition) is 2. The third-order valence-electron chi connectivity index (χ3n) is 5.04. The predicted molar refractivity (Wildman–Crippen MR) is 117 cm³/mol. The van der Waals surface area contributed by atoms with Crippen LogP contribution in [0.15, 0.2) is 54.6 Å². The molecule has 2 unspecified atom stereocenters. The first-order valence-electron chi connectivity index (χ1n) is 10.1. The molecule has 6 heteroatoms. The molecule has 1 aliphatic rings. The number of urea groups is 1. The molecule has 0 saturated carbocycles. The molecule has 156 valence electrons. The maximum Gasteiger partial charge on any atom is 0.318 e. The molecular weight excluding hydrogens is 378 g/mol. The fourth-order valence-corrected chi connectivity index (χ4v) is 3.40. The molecule has 2 aromatic rings. The van der Waals surface area contributed by atoms with Crippen molar-refractivity contribution in [2.45, 2.75) is 31.9 Å². The topological polar surface area (TPSA) is 70.7 Å². The highest BCUT2D eigenvalue weighted by Gasteiger charge is 2.23. The number of anilines is 1. The van der Waals surface area contributed by atoms with Gasteiger partial charge in [-0.2, -0.15) is 0 Å². The van der Waals surface area contributed by atoms with Crippen molar-refractivity contribution >= 4 is 17.6 Å². The van der Waals surface area contributed by atoms with E-state index in [0.29, 0.717) is 17.8 Å². The lowest BCUT2D eigenvalue weighted by Crippen LogP contribution is -2.44. The second-order valence-electron chi connectivity index (χ2n) is 7.34. The van der Waals surface area contributed by atoms with Crippen LogP contribution in [0.25, 0.3) is 0 Å². The van der Waals surface area contributed by atoms with Crippen LogP contribution in [0.4, 0.5) is 10.5 Å². The van der Waals surface area contributed by atoms with E-state index in [1.807, 2.05) is 49.4 Å². The second kappa shape index (κ2) is 10.5. The minimum absolute atomic E-state index is 0.0379. The standard InChI is InChI=1S/C24H27N3O3/c1-3-14-27(17-22-13-8-15-30-22)24(29)25-18(2)20-11-7-12-21(16-20)26-23(28)19-9-5-4-6-10-19/h1,4-7,9-12,16,18,22H,8,13-15,17H2,2H3,(H,25,29)(H,26,28). The summed E-state index contributed by atoms with van der Waals surface area (Å²) in [7, 11) is 0. The van der Waals surface area contributed by atoms with Gasteiger partial charge in [0.25, 0.3) is 5.91 Å². The number of carbonyl (C=O) groups is 2. The summed E-state index contributed by atoms with van der Waals surface area (Å²) >= 11 is 0. The van der Waals surface area contributed by atoms with E-state index < -0.39 is 0 Å². The van der Waals surface area contributed by atoms with Gasteiger partial charge in [-0.05, 0) is 49.6 Å². The SMILES string of the molecule is C#CCN(CC1CCCO1)C(=O)NC(C)c1cccc(NC(=O)c2ccccc2)c1. The molecule has 1 heterocycles. The van der Waals surface area contributed by atoms with Gasteiger partial charge in [0.15, 0.2) is 0 Å². The van der Waals surface area contributed by atoms with Crippen LogP contribution in [0.5, 0.6) is 0 Å². The van der Waals surface area contributed by atoms with Gasteiger partial charge in [-0.15, -0.1) is 6.42 Å². The number of terminal acetylenes is 1. The maximum absolute atomic E-state index is 12.7. The van der Waals surface area contributed by atoms with Gasteiger partial charge >= 0.3 is 6.03 Å². The molecule has 1 aliphatic heterocycles. The van der Waals surface area contributed by atoms with E-state index in [-0.39, 0.29) is 30.6 Å². The average molecular weight is 405 g/mol. The molecule has 0 bridgehead atoms. The van der Waals surface area contributed by atoms with Gasteiger partial charge < -0.3 is 20.3 Å². The summed E-state index contributed by atoms with van der Waals surface area (Å²) in [6.07, 6.45) is 7.43. The van der Waals surface area contributed by atoms with Crippen LogP contribution in [-0.2, 0) is 4.74 Å². The van der Waals surface area contributed by atoms with Crippen LogP contribution < -0.4 is 10.6 Å². The third-order valence-corrected chi connectivity index (χ3v) is 5.04. The molecule has 2 aromatic carbocycles. The Hall–Kier alpha value is -3.30. The Labute approximate surface area is 177 Å². The van der Waals surface area contributed by atoms with Gasteiger partial charge in [0.1, 0.15) is 0 Å². The Morgan fingerprint density at radius 1 is 1.23 bits per heavy atom. The largest absolute Gasteiger partial charge is 0.376 e. The van der Waals surface area contributed by atoms with E-state index in [1.54, 1.807) is 17.0 Å². The number of ether oxygens (including phenoxy) is 1. The van der Waals surface area contributed by atoms with E-state index in [0.717, 1.165) is 25.0 Å². The van der Waals surface area contributed by atoms with Crippen molar-refractivity contribution in [3.05, 3.63) is 65.7 Å². The molecule has 6 nitrogen and oxygen atoms in total. The minimum Gasteiger partial charge on any atom is -0.376 e. The molecule has 2 N–H and O–H groups in total. The zero-order valence-electron chi connectivity index (χ0n) is 17.1. The zero-order chi connectivity index (χ0) is 21.3. The highest BCUT2D eigenvalue weighted by Crippen LogP contribution is 2.19. The van der Waals surface area contributed by atoms with Crippen LogP contribution in [0, 0.1) is 12.3 Å². The van der Waals surface area contributed by atoms with Crippen molar-refractivity contribution in [1.29, 1.82) is 0 Å². The van der Waals surface area contributed by atoms with Crippen molar-refractivity contribution in [2.24, 2.45) is 0 Å². The maximum atomic E-state index is 12.7. The summed E-state index contributed by atoms with van der Waals surface area (Å²) in [4.78, 5) is 26.7. The van der Waals surface area contributed by atoms with Gasteiger partial charge in [0.05, 0.1) is 18.7 Å². The molecule has 0 aliphatic carbocycles. The van der Waals surface area contributed by atoms with Crippen molar-refractivity contribution in [3.63, 3.8) is 0 Å². The lowest BCUT2D eigenvalue weighted by atomic mass is 10.1. The number of nitrogens with one attached hydrogen (secondary N) is 2. The minimum atomic E-state index is -0.254. The molecule has 1 fully saturated rings. The summed E-state index contributed by atoms with van der Waals surface area (Å²) < 4.78 is 5.63.